The summed E-state index contributed by atoms with van der Waals surface area (Å²) in [6, 6.07) is 12.9. The zero-order valence-corrected chi connectivity index (χ0v) is 17.9. The number of nitrogens with one attached hydrogen (secondary N) is 3. The maximum atomic E-state index is 12.8. The van der Waals surface area contributed by atoms with Crippen molar-refractivity contribution in [2.75, 3.05) is 23.4 Å². The van der Waals surface area contributed by atoms with E-state index in [0.717, 1.165) is 5.56 Å². The molecule has 0 aliphatic carbocycles. The normalized spacial score (nSPS) is 15.3. The van der Waals surface area contributed by atoms with E-state index in [1.54, 1.807) is 48.2 Å². The standard InChI is InChI=1S/C23H27N5O4/c1-2-32-20(29)12-9-15-5-3-4-6-18(15)26-23(31)27-19-13-14-28(22(19)30)17-10-7-16(8-11-17)21(24)25/h3-8,10-11,19H,2,9,12-14H2,1H3,(H3,24,25)(H2,26,27,31). The molecule has 0 spiro atoms. The summed E-state index contributed by atoms with van der Waals surface area (Å²) in [6.45, 7) is 2.55. The molecule has 3 rings (SSSR count). The van der Waals surface area contributed by atoms with E-state index in [9.17, 15) is 14.4 Å². The van der Waals surface area contributed by atoms with Crippen molar-refractivity contribution in [3.8, 4) is 0 Å². The minimum absolute atomic E-state index is 0.0388. The molecule has 168 valence electrons. The number of anilines is 2. The fourth-order valence-corrected chi connectivity index (χ4v) is 3.54. The highest BCUT2D eigenvalue weighted by Gasteiger charge is 2.33. The van der Waals surface area contributed by atoms with E-state index in [2.05, 4.69) is 10.6 Å². The molecule has 1 atom stereocenters. The molecule has 5 N–H and O–H groups in total. The van der Waals surface area contributed by atoms with Crippen molar-refractivity contribution in [1.29, 1.82) is 5.41 Å². The first-order valence-corrected chi connectivity index (χ1v) is 10.5. The Morgan fingerprint density at radius 3 is 2.59 bits per heavy atom. The number of urea groups is 1. The highest BCUT2D eigenvalue weighted by Crippen LogP contribution is 2.23. The van der Waals surface area contributed by atoms with Crippen molar-refractivity contribution in [1.82, 2.24) is 5.32 Å². The number of nitrogens with two attached hydrogens (primary N) is 1. The molecule has 0 radical (unpaired) electrons. The highest BCUT2D eigenvalue weighted by molar-refractivity contribution is 6.03. The summed E-state index contributed by atoms with van der Waals surface area (Å²) >= 11 is 0. The number of para-hydroxylation sites is 1. The molecule has 0 bridgehead atoms. The Hall–Kier alpha value is -3.88. The van der Waals surface area contributed by atoms with Crippen LogP contribution in [0.5, 0.6) is 0 Å². The van der Waals surface area contributed by atoms with Crippen LogP contribution >= 0.6 is 0 Å². The number of esters is 1. The van der Waals surface area contributed by atoms with Crippen molar-refractivity contribution < 1.29 is 19.1 Å². The van der Waals surface area contributed by atoms with Crippen molar-refractivity contribution in [2.24, 2.45) is 5.73 Å². The average Bonchev–Trinajstić information content (AvgIpc) is 3.13. The predicted molar refractivity (Wildman–Crippen MR) is 122 cm³/mol. The Morgan fingerprint density at radius 1 is 1.19 bits per heavy atom. The lowest BCUT2D eigenvalue weighted by Crippen LogP contribution is -2.43. The Balaban J connectivity index is 1.58. The molecular weight excluding hydrogens is 410 g/mol. The molecule has 0 aromatic heterocycles. The number of aryl methyl sites for hydroxylation is 1. The maximum Gasteiger partial charge on any atom is 0.319 e. The third kappa shape index (κ3) is 5.63. The second-order valence-corrected chi connectivity index (χ2v) is 7.35. The Morgan fingerprint density at radius 2 is 1.91 bits per heavy atom. The predicted octanol–water partition coefficient (Wildman–Crippen LogP) is 2.39. The first-order valence-electron chi connectivity index (χ1n) is 10.5. The van der Waals surface area contributed by atoms with E-state index in [0.29, 0.717) is 42.9 Å². The molecule has 2 aromatic rings. The molecule has 1 aliphatic heterocycles. The summed E-state index contributed by atoms with van der Waals surface area (Å²) in [7, 11) is 0. The van der Waals surface area contributed by atoms with Crippen LogP contribution in [0.15, 0.2) is 48.5 Å². The highest BCUT2D eigenvalue weighted by atomic mass is 16.5. The number of amides is 3. The van der Waals surface area contributed by atoms with Gasteiger partial charge in [0.1, 0.15) is 11.9 Å². The van der Waals surface area contributed by atoms with E-state index in [1.165, 1.54) is 0 Å². The Kier molecular flexibility index (Phi) is 7.43. The fraction of sp³-hybridized carbons (Fsp3) is 0.304. The molecule has 1 aliphatic rings. The lowest BCUT2D eigenvalue weighted by atomic mass is 10.1. The van der Waals surface area contributed by atoms with Gasteiger partial charge in [-0.3, -0.25) is 15.0 Å². The van der Waals surface area contributed by atoms with Gasteiger partial charge in [-0.15, -0.1) is 0 Å². The number of nitrogen functional groups attached to an aromatic ring is 1. The summed E-state index contributed by atoms with van der Waals surface area (Å²) in [4.78, 5) is 38.6. The third-order valence-electron chi connectivity index (χ3n) is 5.17. The van der Waals surface area contributed by atoms with E-state index in [4.69, 9.17) is 15.9 Å². The minimum Gasteiger partial charge on any atom is -0.466 e. The van der Waals surface area contributed by atoms with Gasteiger partial charge in [-0.05, 0) is 55.7 Å². The van der Waals surface area contributed by atoms with Crippen molar-refractivity contribution in [2.45, 2.75) is 32.2 Å². The number of amidine groups is 1. The average molecular weight is 438 g/mol. The zero-order chi connectivity index (χ0) is 23.1. The van der Waals surface area contributed by atoms with E-state index in [-0.39, 0.29) is 24.1 Å². The monoisotopic (exact) mass is 437 g/mol. The number of hydrogen-bond acceptors (Lipinski definition) is 5. The Labute approximate surface area is 186 Å². The number of nitrogens with zero attached hydrogens (tertiary/aromatic N) is 1. The van der Waals surface area contributed by atoms with E-state index >= 15 is 0 Å². The van der Waals surface area contributed by atoms with Gasteiger partial charge >= 0.3 is 12.0 Å². The number of benzene rings is 2. The maximum absolute atomic E-state index is 12.8. The topological polar surface area (TPSA) is 138 Å². The smallest absolute Gasteiger partial charge is 0.319 e. The fourth-order valence-electron chi connectivity index (χ4n) is 3.54. The van der Waals surface area contributed by atoms with Gasteiger partial charge in [-0.2, -0.15) is 0 Å². The quantitative estimate of drug-likeness (QED) is 0.285. The summed E-state index contributed by atoms with van der Waals surface area (Å²) in [5.41, 5.74) is 8.12. The molecule has 1 saturated heterocycles. The van der Waals surface area contributed by atoms with Gasteiger partial charge in [0.25, 0.3) is 0 Å². The first-order chi connectivity index (χ1) is 15.4. The molecule has 3 amide bonds. The van der Waals surface area contributed by atoms with Crippen molar-refractivity contribution in [3.63, 3.8) is 0 Å². The minimum atomic E-state index is -0.644. The van der Waals surface area contributed by atoms with Crippen molar-refractivity contribution >= 4 is 35.1 Å². The van der Waals surface area contributed by atoms with Crippen LogP contribution in [0.1, 0.15) is 30.9 Å². The Bertz CT molecular complexity index is 1010. The molecule has 9 heteroatoms. The van der Waals surface area contributed by atoms with Crippen LogP contribution in [0.25, 0.3) is 0 Å². The molecule has 1 fully saturated rings. The van der Waals surface area contributed by atoms with Gasteiger partial charge in [-0.1, -0.05) is 18.2 Å². The summed E-state index contributed by atoms with van der Waals surface area (Å²) in [6.07, 6.45) is 1.12. The zero-order valence-electron chi connectivity index (χ0n) is 17.9. The first kappa shape index (κ1) is 22.8. The van der Waals surface area contributed by atoms with Crippen LogP contribution in [-0.4, -0.2) is 42.9 Å². The molecule has 1 unspecified atom stereocenters. The molecule has 32 heavy (non-hydrogen) atoms. The molecule has 9 nitrogen and oxygen atoms in total. The molecule has 1 heterocycles. The largest absolute Gasteiger partial charge is 0.466 e. The lowest BCUT2D eigenvalue weighted by Gasteiger charge is -2.18. The van der Waals surface area contributed by atoms with Gasteiger partial charge in [-0.25, -0.2) is 4.79 Å². The van der Waals surface area contributed by atoms with Crippen LogP contribution < -0.4 is 21.3 Å². The van der Waals surface area contributed by atoms with Gasteiger partial charge in [0.05, 0.1) is 6.61 Å². The summed E-state index contributed by atoms with van der Waals surface area (Å²) in [5.74, 6) is -0.533. The van der Waals surface area contributed by atoms with Gasteiger partial charge in [0.2, 0.25) is 5.91 Å². The van der Waals surface area contributed by atoms with Crippen molar-refractivity contribution in [3.05, 3.63) is 59.7 Å². The van der Waals surface area contributed by atoms with Crippen LogP contribution in [0.2, 0.25) is 0 Å². The number of hydrogen-bond donors (Lipinski definition) is 4. The lowest BCUT2D eigenvalue weighted by molar-refractivity contribution is -0.143. The number of rotatable bonds is 8. The second kappa shape index (κ2) is 10.4. The summed E-state index contributed by atoms with van der Waals surface area (Å²) in [5, 5.41) is 13.0. The van der Waals surface area contributed by atoms with Crippen LogP contribution in [0.4, 0.5) is 16.2 Å². The molecule has 0 saturated carbocycles. The van der Waals surface area contributed by atoms with Gasteiger partial charge in [0.15, 0.2) is 0 Å². The third-order valence-corrected chi connectivity index (χ3v) is 5.17. The van der Waals surface area contributed by atoms with Crippen LogP contribution in [0, 0.1) is 5.41 Å². The SMILES string of the molecule is CCOC(=O)CCc1ccccc1NC(=O)NC1CCN(c2ccc(C(=N)N)cc2)C1=O. The number of ether oxygens (including phenoxy) is 1. The van der Waals surface area contributed by atoms with Gasteiger partial charge in [0, 0.05) is 29.9 Å². The number of carbonyl (C=O) groups is 3. The molecular formula is C23H27N5O4. The second-order valence-electron chi connectivity index (χ2n) is 7.35. The van der Waals surface area contributed by atoms with Gasteiger partial charge < -0.3 is 26.0 Å². The molecule has 2 aromatic carbocycles. The van der Waals surface area contributed by atoms with Crippen LogP contribution in [0.3, 0.4) is 0 Å². The van der Waals surface area contributed by atoms with Crippen LogP contribution in [-0.2, 0) is 20.7 Å². The van der Waals surface area contributed by atoms with E-state index < -0.39 is 12.1 Å². The van der Waals surface area contributed by atoms with E-state index in [1.807, 2.05) is 12.1 Å². The number of carbonyl (C=O) groups excluding carboxylic acids is 3. The summed E-state index contributed by atoms with van der Waals surface area (Å²) < 4.78 is 4.95.